The second kappa shape index (κ2) is 7.97. The highest BCUT2D eigenvalue weighted by atomic mass is 32.1. The topological polar surface area (TPSA) is 49.9 Å². The van der Waals surface area contributed by atoms with Gasteiger partial charge in [-0.3, -0.25) is 9.59 Å². The summed E-state index contributed by atoms with van der Waals surface area (Å²) in [6.07, 6.45) is 0.447. The Morgan fingerprint density at radius 3 is 2.21 bits per heavy atom. The number of carbonyl (C=O) groups excluding carboxylic acids is 2. The first kappa shape index (κ1) is 16.5. The van der Waals surface area contributed by atoms with Crippen molar-refractivity contribution < 1.29 is 14.3 Å². The Morgan fingerprint density at radius 1 is 0.917 bits per heavy atom. The third-order valence-electron chi connectivity index (χ3n) is 4.00. The first-order valence-corrected chi connectivity index (χ1v) is 8.86. The summed E-state index contributed by atoms with van der Waals surface area (Å²) in [5.74, 6) is 0.782. The first-order valence-electron chi connectivity index (χ1n) is 7.98. The van der Waals surface area contributed by atoms with Crippen LogP contribution in [0.25, 0.3) is 0 Å². The molecular weight excluding hydrogens is 324 g/mol. The van der Waals surface area contributed by atoms with Crippen LogP contribution in [0.15, 0.2) is 47.8 Å². The van der Waals surface area contributed by atoms with E-state index >= 15 is 0 Å². The summed E-state index contributed by atoms with van der Waals surface area (Å²) in [6, 6.07) is 13.2. The Labute approximate surface area is 145 Å². The van der Waals surface area contributed by atoms with Crippen LogP contribution in [0.1, 0.15) is 4.88 Å². The number of benzene rings is 1. The molecule has 1 aliphatic heterocycles. The molecular formula is C18H20N2O3S. The molecule has 2 heterocycles. The summed E-state index contributed by atoms with van der Waals surface area (Å²) in [5.41, 5.74) is 0. The minimum absolute atomic E-state index is 0.0349. The van der Waals surface area contributed by atoms with Gasteiger partial charge in [0.15, 0.2) is 6.61 Å². The standard InChI is InChI=1S/C18H20N2O3S/c21-17(13-16-7-4-12-24-16)19-8-10-20(11-9-19)18(22)14-23-15-5-2-1-3-6-15/h1-7,12H,8-11,13-14H2. The molecule has 0 radical (unpaired) electrons. The van der Waals surface area contributed by atoms with Crippen molar-refractivity contribution in [3.05, 3.63) is 52.7 Å². The first-order chi connectivity index (χ1) is 11.7. The second-order valence-electron chi connectivity index (χ2n) is 5.62. The lowest BCUT2D eigenvalue weighted by Gasteiger charge is -2.34. The normalized spacial score (nSPS) is 14.5. The molecule has 6 heteroatoms. The van der Waals surface area contributed by atoms with Crippen molar-refractivity contribution >= 4 is 23.2 Å². The fraction of sp³-hybridized carbons (Fsp3) is 0.333. The monoisotopic (exact) mass is 344 g/mol. The number of rotatable bonds is 5. The highest BCUT2D eigenvalue weighted by Gasteiger charge is 2.24. The fourth-order valence-electron chi connectivity index (χ4n) is 2.63. The lowest BCUT2D eigenvalue weighted by molar-refractivity contribution is -0.140. The van der Waals surface area contributed by atoms with Gasteiger partial charge in [-0.05, 0) is 23.6 Å². The van der Waals surface area contributed by atoms with Crippen molar-refractivity contribution in [3.63, 3.8) is 0 Å². The molecule has 1 aromatic heterocycles. The van der Waals surface area contributed by atoms with E-state index in [-0.39, 0.29) is 18.4 Å². The minimum Gasteiger partial charge on any atom is -0.484 e. The van der Waals surface area contributed by atoms with E-state index in [1.807, 2.05) is 52.7 Å². The Morgan fingerprint density at radius 2 is 1.58 bits per heavy atom. The van der Waals surface area contributed by atoms with Crippen LogP contribution in [-0.4, -0.2) is 54.4 Å². The lowest BCUT2D eigenvalue weighted by Crippen LogP contribution is -2.51. The predicted octanol–water partition coefficient (Wildman–Crippen LogP) is 2.04. The summed E-state index contributed by atoms with van der Waals surface area (Å²) in [7, 11) is 0. The maximum atomic E-state index is 12.3. The molecule has 0 atom stereocenters. The van der Waals surface area contributed by atoms with E-state index in [1.54, 1.807) is 16.2 Å². The van der Waals surface area contributed by atoms with Crippen molar-refractivity contribution in [2.45, 2.75) is 6.42 Å². The van der Waals surface area contributed by atoms with Gasteiger partial charge in [-0.2, -0.15) is 0 Å². The van der Waals surface area contributed by atoms with Gasteiger partial charge in [0, 0.05) is 31.1 Å². The molecule has 1 saturated heterocycles. The molecule has 5 nitrogen and oxygen atoms in total. The number of piperazine rings is 1. The van der Waals surface area contributed by atoms with Crippen molar-refractivity contribution in [3.8, 4) is 5.75 Å². The van der Waals surface area contributed by atoms with Crippen molar-refractivity contribution in [2.24, 2.45) is 0 Å². The Kier molecular flexibility index (Phi) is 5.48. The van der Waals surface area contributed by atoms with Gasteiger partial charge in [0.25, 0.3) is 5.91 Å². The second-order valence-corrected chi connectivity index (χ2v) is 6.65. The van der Waals surface area contributed by atoms with Gasteiger partial charge in [0.2, 0.25) is 5.91 Å². The molecule has 126 valence electrons. The average molecular weight is 344 g/mol. The maximum Gasteiger partial charge on any atom is 0.260 e. The van der Waals surface area contributed by atoms with Crippen molar-refractivity contribution in [1.82, 2.24) is 9.80 Å². The number of ether oxygens (including phenoxy) is 1. The van der Waals surface area contributed by atoms with E-state index in [0.717, 1.165) is 4.88 Å². The Balaban J connectivity index is 1.42. The number of nitrogens with zero attached hydrogens (tertiary/aromatic N) is 2. The molecule has 3 rings (SSSR count). The molecule has 1 aromatic carbocycles. The predicted molar refractivity (Wildman–Crippen MR) is 93.1 cm³/mol. The SMILES string of the molecule is O=C(COc1ccccc1)N1CCN(C(=O)Cc2cccs2)CC1. The zero-order chi connectivity index (χ0) is 16.8. The summed E-state index contributed by atoms with van der Waals surface area (Å²) in [4.78, 5) is 29.1. The molecule has 24 heavy (non-hydrogen) atoms. The van der Waals surface area contributed by atoms with Crippen LogP contribution in [0.5, 0.6) is 5.75 Å². The number of hydrogen-bond donors (Lipinski definition) is 0. The van der Waals surface area contributed by atoms with E-state index in [0.29, 0.717) is 38.3 Å². The van der Waals surface area contributed by atoms with Gasteiger partial charge >= 0.3 is 0 Å². The highest BCUT2D eigenvalue weighted by Crippen LogP contribution is 2.13. The lowest BCUT2D eigenvalue weighted by atomic mass is 10.2. The van der Waals surface area contributed by atoms with Gasteiger partial charge < -0.3 is 14.5 Å². The van der Waals surface area contributed by atoms with Crippen LogP contribution in [0.4, 0.5) is 0 Å². The summed E-state index contributed by atoms with van der Waals surface area (Å²) in [6.45, 7) is 2.33. The zero-order valence-corrected chi connectivity index (χ0v) is 14.2. The van der Waals surface area contributed by atoms with Crippen molar-refractivity contribution in [1.29, 1.82) is 0 Å². The van der Waals surface area contributed by atoms with E-state index in [9.17, 15) is 9.59 Å². The number of hydrogen-bond acceptors (Lipinski definition) is 4. The van der Waals surface area contributed by atoms with Gasteiger partial charge in [-0.25, -0.2) is 0 Å². The molecule has 2 aromatic rings. The van der Waals surface area contributed by atoms with Gasteiger partial charge in [0.1, 0.15) is 5.75 Å². The van der Waals surface area contributed by atoms with Crippen LogP contribution in [-0.2, 0) is 16.0 Å². The number of thiophene rings is 1. The quantitative estimate of drug-likeness (QED) is 0.834. The summed E-state index contributed by atoms with van der Waals surface area (Å²) in [5, 5.41) is 1.98. The number of carbonyl (C=O) groups is 2. The number of amides is 2. The molecule has 0 aliphatic carbocycles. The third-order valence-corrected chi connectivity index (χ3v) is 4.87. The van der Waals surface area contributed by atoms with E-state index in [1.165, 1.54) is 0 Å². The van der Waals surface area contributed by atoms with Gasteiger partial charge in [0.05, 0.1) is 6.42 Å². The summed E-state index contributed by atoms with van der Waals surface area (Å²) < 4.78 is 5.50. The van der Waals surface area contributed by atoms with Crippen LogP contribution in [0.3, 0.4) is 0 Å². The molecule has 0 N–H and O–H groups in total. The van der Waals surface area contributed by atoms with E-state index < -0.39 is 0 Å². The molecule has 0 unspecified atom stereocenters. The van der Waals surface area contributed by atoms with Crippen LogP contribution < -0.4 is 4.74 Å². The average Bonchev–Trinajstić information content (AvgIpc) is 3.13. The molecule has 1 aliphatic rings. The van der Waals surface area contributed by atoms with E-state index in [4.69, 9.17) is 4.74 Å². The maximum absolute atomic E-state index is 12.3. The summed E-state index contributed by atoms with van der Waals surface area (Å²) >= 11 is 1.60. The molecule has 0 bridgehead atoms. The Bertz CT molecular complexity index is 665. The molecule has 0 saturated carbocycles. The molecule has 0 spiro atoms. The zero-order valence-electron chi connectivity index (χ0n) is 13.4. The largest absolute Gasteiger partial charge is 0.484 e. The minimum atomic E-state index is -0.0378. The number of para-hydroxylation sites is 1. The van der Waals surface area contributed by atoms with Crippen LogP contribution in [0.2, 0.25) is 0 Å². The highest BCUT2D eigenvalue weighted by molar-refractivity contribution is 7.10. The Hall–Kier alpha value is -2.34. The van der Waals surface area contributed by atoms with Gasteiger partial charge in [-0.1, -0.05) is 24.3 Å². The van der Waals surface area contributed by atoms with E-state index in [2.05, 4.69) is 0 Å². The smallest absolute Gasteiger partial charge is 0.260 e. The molecule has 1 fully saturated rings. The van der Waals surface area contributed by atoms with Crippen molar-refractivity contribution in [2.75, 3.05) is 32.8 Å². The van der Waals surface area contributed by atoms with Gasteiger partial charge in [-0.15, -0.1) is 11.3 Å². The molecule has 2 amide bonds. The fourth-order valence-corrected chi connectivity index (χ4v) is 3.33. The van der Waals surface area contributed by atoms with Crippen LogP contribution in [0, 0.1) is 0 Å². The third kappa shape index (κ3) is 4.35. The van der Waals surface area contributed by atoms with Crippen LogP contribution >= 0.6 is 11.3 Å².